The number of aliphatic hydroxyl groups is 1. The van der Waals surface area contributed by atoms with Gasteiger partial charge in [-0.25, -0.2) is 0 Å². The lowest BCUT2D eigenvalue weighted by Gasteiger charge is -2.21. The standard InChI is InChI=1S/C14H30N2O2/c1-4-5-12(8-9-15)6-7-14(18)16-13(10-17)11(2)3/h11-13,17H,4-10,15H2,1-3H3,(H,16,18)/t12?,13-/m1/s1. The molecule has 0 rings (SSSR count). The van der Waals surface area contributed by atoms with Gasteiger partial charge in [0.2, 0.25) is 5.91 Å². The Morgan fingerprint density at radius 2 is 1.94 bits per heavy atom. The zero-order valence-corrected chi connectivity index (χ0v) is 12.1. The Bertz CT molecular complexity index is 214. The third-order valence-electron chi connectivity index (χ3n) is 3.40. The fourth-order valence-corrected chi connectivity index (χ4v) is 2.11. The maximum atomic E-state index is 11.8. The van der Waals surface area contributed by atoms with Crippen LogP contribution < -0.4 is 11.1 Å². The van der Waals surface area contributed by atoms with Gasteiger partial charge >= 0.3 is 0 Å². The zero-order valence-electron chi connectivity index (χ0n) is 12.1. The quantitative estimate of drug-likeness (QED) is 0.558. The summed E-state index contributed by atoms with van der Waals surface area (Å²) in [6.07, 6.45) is 4.70. The SMILES string of the molecule is CCCC(CCN)CCC(=O)N[C@H](CO)C(C)C. The summed E-state index contributed by atoms with van der Waals surface area (Å²) in [4.78, 5) is 11.8. The number of hydrogen-bond acceptors (Lipinski definition) is 3. The van der Waals surface area contributed by atoms with E-state index in [1.807, 2.05) is 13.8 Å². The molecule has 108 valence electrons. The first-order valence-electron chi connectivity index (χ1n) is 7.15. The van der Waals surface area contributed by atoms with Gasteiger partial charge in [0.15, 0.2) is 0 Å². The Morgan fingerprint density at radius 1 is 1.28 bits per heavy atom. The molecule has 0 radical (unpaired) electrons. The van der Waals surface area contributed by atoms with Crippen molar-refractivity contribution in [1.29, 1.82) is 0 Å². The number of amides is 1. The lowest BCUT2D eigenvalue weighted by molar-refractivity contribution is -0.122. The highest BCUT2D eigenvalue weighted by Gasteiger charge is 2.16. The normalized spacial score (nSPS) is 14.6. The summed E-state index contributed by atoms with van der Waals surface area (Å²) in [5.74, 6) is 0.854. The van der Waals surface area contributed by atoms with Crippen LogP contribution in [0.3, 0.4) is 0 Å². The van der Waals surface area contributed by atoms with Crippen LogP contribution in [0, 0.1) is 11.8 Å². The van der Waals surface area contributed by atoms with E-state index in [-0.39, 0.29) is 24.5 Å². The first-order chi connectivity index (χ1) is 8.54. The maximum absolute atomic E-state index is 11.8. The van der Waals surface area contributed by atoms with Gasteiger partial charge in [0.05, 0.1) is 12.6 Å². The Labute approximate surface area is 111 Å². The summed E-state index contributed by atoms with van der Waals surface area (Å²) in [5, 5.41) is 12.0. The van der Waals surface area contributed by atoms with Crippen molar-refractivity contribution in [3.05, 3.63) is 0 Å². The number of nitrogens with two attached hydrogens (primary N) is 1. The van der Waals surface area contributed by atoms with Gasteiger partial charge in [-0.05, 0) is 31.2 Å². The summed E-state index contributed by atoms with van der Waals surface area (Å²) in [7, 11) is 0. The van der Waals surface area contributed by atoms with Gasteiger partial charge in [0.25, 0.3) is 0 Å². The molecule has 18 heavy (non-hydrogen) atoms. The van der Waals surface area contributed by atoms with Crippen molar-refractivity contribution >= 4 is 5.91 Å². The van der Waals surface area contributed by atoms with E-state index in [9.17, 15) is 4.79 Å². The third kappa shape index (κ3) is 7.67. The molecule has 4 heteroatoms. The average molecular weight is 258 g/mol. The van der Waals surface area contributed by atoms with Crippen molar-refractivity contribution in [2.45, 2.75) is 58.9 Å². The molecule has 0 aliphatic heterocycles. The topological polar surface area (TPSA) is 75.4 Å². The molecule has 0 fully saturated rings. The van der Waals surface area contributed by atoms with Crippen molar-refractivity contribution in [3.63, 3.8) is 0 Å². The molecular weight excluding hydrogens is 228 g/mol. The van der Waals surface area contributed by atoms with Gasteiger partial charge in [-0.2, -0.15) is 0 Å². The first-order valence-corrected chi connectivity index (χ1v) is 7.15. The van der Waals surface area contributed by atoms with E-state index < -0.39 is 0 Å². The lowest BCUT2D eigenvalue weighted by atomic mass is 9.94. The molecule has 0 aliphatic carbocycles. The molecule has 0 saturated heterocycles. The molecule has 0 aliphatic rings. The minimum atomic E-state index is -0.128. The van der Waals surface area contributed by atoms with E-state index >= 15 is 0 Å². The Kier molecular flexibility index (Phi) is 9.98. The molecule has 0 spiro atoms. The largest absolute Gasteiger partial charge is 0.394 e. The molecule has 0 aromatic heterocycles. The molecule has 0 aromatic carbocycles. The zero-order chi connectivity index (χ0) is 14.0. The molecule has 0 bridgehead atoms. The maximum Gasteiger partial charge on any atom is 0.220 e. The van der Waals surface area contributed by atoms with Crippen molar-refractivity contribution in [2.24, 2.45) is 17.6 Å². The first kappa shape index (κ1) is 17.4. The highest BCUT2D eigenvalue weighted by atomic mass is 16.3. The highest BCUT2D eigenvalue weighted by Crippen LogP contribution is 2.17. The van der Waals surface area contributed by atoms with Crippen molar-refractivity contribution in [2.75, 3.05) is 13.2 Å². The van der Waals surface area contributed by atoms with Crippen LogP contribution in [0.4, 0.5) is 0 Å². The van der Waals surface area contributed by atoms with Crippen molar-refractivity contribution in [1.82, 2.24) is 5.32 Å². The Hall–Kier alpha value is -0.610. The highest BCUT2D eigenvalue weighted by molar-refractivity contribution is 5.76. The van der Waals surface area contributed by atoms with Gasteiger partial charge in [0.1, 0.15) is 0 Å². The summed E-state index contributed by atoms with van der Waals surface area (Å²) in [6, 6.07) is -0.128. The van der Waals surface area contributed by atoms with E-state index in [1.54, 1.807) is 0 Å². The van der Waals surface area contributed by atoms with Gasteiger partial charge in [-0.1, -0.05) is 33.6 Å². The second-order valence-corrected chi connectivity index (χ2v) is 5.37. The predicted molar refractivity (Wildman–Crippen MR) is 75.2 cm³/mol. The molecule has 1 unspecified atom stereocenters. The molecule has 4 N–H and O–H groups in total. The summed E-state index contributed by atoms with van der Waals surface area (Å²) in [6.45, 7) is 6.84. The minimum absolute atomic E-state index is 0.00456. The second-order valence-electron chi connectivity index (χ2n) is 5.37. The van der Waals surface area contributed by atoms with Gasteiger partial charge < -0.3 is 16.2 Å². The van der Waals surface area contributed by atoms with E-state index in [2.05, 4.69) is 12.2 Å². The van der Waals surface area contributed by atoms with Gasteiger partial charge in [0, 0.05) is 6.42 Å². The van der Waals surface area contributed by atoms with Crippen LogP contribution >= 0.6 is 0 Å². The Morgan fingerprint density at radius 3 is 2.39 bits per heavy atom. The van der Waals surface area contributed by atoms with Crippen LogP contribution in [-0.4, -0.2) is 30.2 Å². The average Bonchev–Trinajstić information content (AvgIpc) is 2.33. The molecule has 1 amide bonds. The van der Waals surface area contributed by atoms with Gasteiger partial charge in [-0.15, -0.1) is 0 Å². The number of aliphatic hydroxyl groups excluding tert-OH is 1. The van der Waals surface area contributed by atoms with Crippen LogP contribution in [0.1, 0.15) is 52.9 Å². The number of nitrogens with one attached hydrogen (secondary N) is 1. The van der Waals surface area contributed by atoms with Crippen LogP contribution in [-0.2, 0) is 4.79 Å². The van der Waals surface area contributed by atoms with E-state index in [1.165, 1.54) is 0 Å². The lowest BCUT2D eigenvalue weighted by Crippen LogP contribution is -2.41. The predicted octanol–water partition coefficient (Wildman–Crippen LogP) is 1.66. The molecule has 4 nitrogen and oxygen atoms in total. The van der Waals surface area contributed by atoms with E-state index in [0.29, 0.717) is 18.9 Å². The molecule has 0 saturated carbocycles. The van der Waals surface area contributed by atoms with Crippen LogP contribution in [0.25, 0.3) is 0 Å². The van der Waals surface area contributed by atoms with Crippen molar-refractivity contribution in [3.8, 4) is 0 Å². The van der Waals surface area contributed by atoms with Crippen LogP contribution in [0.15, 0.2) is 0 Å². The molecule has 0 heterocycles. The van der Waals surface area contributed by atoms with E-state index in [4.69, 9.17) is 10.8 Å². The van der Waals surface area contributed by atoms with Crippen molar-refractivity contribution < 1.29 is 9.90 Å². The molecular formula is C14H30N2O2. The minimum Gasteiger partial charge on any atom is -0.394 e. The smallest absolute Gasteiger partial charge is 0.220 e. The van der Waals surface area contributed by atoms with Gasteiger partial charge in [-0.3, -0.25) is 4.79 Å². The fourth-order valence-electron chi connectivity index (χ4n) is 2.11. The summed E-state index contributed by atoms with van der Waals surface area (Å²) in [5.41, 5.74) is 5.57. The second kappa shape index (κ2) is 10.3. The fraction of sp³-hybridized carbons (Fsp3) is 0.929. The summed E-state index contributed by atoms with van der Waals surface area (Å²) >= 11 is 0. The summed E-state index contributed by atoms with van der Waals surface area (Å²) < 4.78 is 0. The number of rotatable bonds is 10. The number of carbonyl (C=O) groups excluding carboxylic acids is 1. The third-order valence-corrected chi connectivity index (χ3v) is 3.40. The number of hydrogen-bond donors (Lipinski definition) is 3. The monoisotopic (exact) mass is 258 g/mol. The Balaban J connectivity index is 3.99. The molecule has 2 atom stereocenters. The molecule has 0 aromatic rings. The van der Waals surface area contributed by atoms with Crippen LogP contribution in [0.2, 0.25) is 0 Å². The van der Waals surface area contributed by atoms with Crippen LogP contribution in [0.5, 0.6) is 0 Å². The van der Waals surface area contributed by atoms with E-state index in [0.717, 1.165) is 25.7 Å². The number of carbonyl (C=O) groups is 1.